The van der Waals surface area contributed by atoms with Crippen molar-refractivity contribution < 1.29 is 13.6 Å². The quantitative estimate of drug-likeness (QED) is 0.593. The van der Waals surface area contributed by atoms with Crippen molar-refractivity contribution in [3.05, 3.63) is 29.6 Å². The van der Waals surface area contributed by atoms with Crippen LogP contribution in [0.2, 0.25) is 18.1 Å². The van der Waals surface area contributed by atoms with Crippen molar-refractivity contribution >= 4 is 14.6 Å². The van der Waals surface area contributed by atoms with Crippen LogP contribution in [-0.2, 0) is 11.2 Å². The molecule has 0 atom stereocenters. The first-order chi connectivity index (χ1) is 8.67. The summed E-state index contributed by atoms with van der Waals surface area (Å²) in [6, 6.07) is 4.94. The van der Waals surface area contributed by atoms with E-state index in [0.717, 1.165) is 6.29 Å². The van der Waals surface area contributed by atoms with Crippen molar-refractivity contribution in [2.75, 3.05) is 0 Å². The lowest BCUT2D eigenvalue weighted by Gasteiger charge is -2.36. The maximum atomic E-state index is 13.9. The molecule has 1 aromatic carbocycles. The van der Waals surface area contributed by atoms with Gasteiger partial charge in [-0.15, -0.1) is 0 Å². The van der Waals surface area contributed by atoms with Gasteiger partial charge in [-0.05, 0) is 36.2 Å². The molecule has 0 aliphatic rings. The van der Waals surface area contributed by atoms with Crippen LogP contribution < -0.4 is 4.43 Å². The summed E-state index contributed by atoms with van der Waals surface area (Å²) in [4.78, 5) is 10.3. The Hall–Kier alpha value is -1.16. The predicted molar refractivity (Wildman–Crippen MR) is 78.6 cm³/mol. The van der Waals surface area contributed by atoms with Crippen LogP contribution in [0.4, 0.5) is 4.39 Å². The maximum absolute atomic E-state index is 13.9. The topological polar surface area (TPSA) is 26.3 Å². The highest BCUT2D eigenvalue weighted by atomic mass is 28.4. The molecule has 19 heavy (non-hydrogen) atoms. The number of hydrogen-bond acceptors (Lipinski definition) is 2. The molecule has 0 radical (unpaired) electrons. The van der Waals surface area contributed by atoms with Crippen molar-refractivity contribution in [1.82, 2.24) is 0 Å². The van der Waals surface area contributed by atoms with Gasteiger partial charge >= 0.3 is 0 Å². The lowest BCUT2D eigenvalue weighted by Crippen LogP contribution is -2.43. The lowest BCUT2D eigenvalue weighted by molar-refractivity contribution is -0.107. The minimum absolute atomic E-state index is 0.0830. The molecule has 0 spiro atoms. The molecule has 0 saturated carbocycles. The number of carbonyl (C=O) groups excluding carboxylic acids is 1. The predicted octanol–water partition coefficient (Wildman–Crippen LogP) is 4.34. The van der Waals surface area contributed by atoms with Gasteiger partial charge in [-0.25, -0.2) is 4.39 Å². The first-order valence-electron chi connectivity index (χ1n) is 6.58. The molecule has 2 nitrogen and oxygen atoms in total. The van der Waals surface area contributed by atoms with E-state index in [1.807, 2.05) is 0 Å². The van der Waals surface area contributed by atoms with E-state index in [-0.39, 0.29) is 10.9 Å². The number of halogens is 1. The second-order valence-electron chi connectivity index (χ2n) is 6.32. The van der Waals surface area contributed by atoms with Crippen LogP contribution in [0.25, 0.3) is 0 Å². The molecule has 0 N–H and O–H groups in total. The largest absolute Gasteiger partial charge is 0.543 e. The molecule has 0 unspecified atom stereocenters. The van der Waals surface area contributed by atoms with Gasteiger partial charge in [0.25, 0.3) is 0 Å². The average Bonchev–Trinajstić information content (AvgIpc) is 2.26. The fourth-order valence-corrected chi connectivity index (χ4v) is 2.48. The minimum atomic E-state index is -1.93. The molecule has 1 aromatic rings. The molecule has 0 aromatic heterocycles. The monoisotopic (exact) mass is 282 g/mol. The molecule has 106 valence electrons. The first kappa shape index (κ1) is 15.9. The normalized spacial score (nSPS) is 12.3. The molecule has 0 heterocycles. The zero-order valence-corrected chi connectivity index (χ0v) is 13.4. The van der Waals surface area contributed by atoms with Crippen LogP contribution in [0.1, 0.15) is 32.8 Å². The Bertz CT molecular complexity index is 450. The molecule has 0 aliphatic heterocycles. The van der Waals surface area contributed by atoms with Crippen molar-refractivity contribution in [1.29, 1.82) is 0 Å². The van der Waals surface area contributed by atoms with Crippen molar-refractivity contribution in [2.45, 2.75) is 51.7 Å². The molecule has 4 heteroatoms. The Morgan fingerprint density at radius 3 is 2.42 bits per heavy atom. The van der Waals surface area contributed by atoms with Crippen LogP contribution in [0.3, 0.4) is 0 Å². The van der Waals surface area contributed by atoms with Gasteiger partial charge in [-0.2, -0.15) is 0 Å². The van der Waals surface area contributed by atoms with E-state index < -0.39 is 8.32 Å². The third-order valence-electron chi connectivity index (χ3n) is 3.74. The van der Waals surface area contributed by atoms with E-state index >= 15 is 0 Å². The van der Waals surface area contributed by atoms with E-state index in [2.05, 4.69) is 33.9 Å². The number of aldehydes is 1. The van der Waals surface area contributed by atoms with Crippen LogP contribution in [0.15, 0.2) is 18.2 Å². The lowest BCUT2D eigenvalue weighted by atomic mass is 10.1. The van der Waals surface area contributed by atoms with Crippen LogP contribution in [-0.4, -0.2) is 14.6 Å². The summed E-state index contributed by atoms with van der Waals surface area (Å²) < 4.78 is 19.9. The van der Waals surface area contributed by atoms with E-state index in [1.165, 1.54) is 6.07 Å². The maximum Gasteiger partial charge on any atom is 0.250 e. The Balaban J connectivity index is 2.87. The molecular weight excluding hydrogens is 259 g/mol. The summed E-state index contributed by atoms with van der Waals surface area (Å²) in [6.45, 7) is 10.7. The van der Waals surface area contributed by atoms with Gasteiger partial charge in [0.1, 0.15) is 17.9 Å². The number of carbonyl (C=O) groups is 1. The zero-order chi connectivity index (χ0) is 14.7. The van der Waals surface area contributed by atoms with Gasteiger partial charge in [-0.1, -0.05) is 26.8 Å². The molecule has 0 amide bonds. The summed E-state index contributed by atoms with van der Waals surface area (Å²) in [6.07, 6.45) is 1.59. The van der Waals surface area contributed by atoms with Gasteiger partial charge in [0.05, 0.1) is 0 Å². The van der Waals surface area contributed by atoms with Crippen LogP contribution in [0, 0.1) is 5.82 Å². The summed E-state index contributed by atoms with van der Waals surface area (Å²) in [5.74, 6) is 0.289. The average molecular weight is 282 g/mol. The third-order valence-corrected chi connectivity index (χ3v) is 8.09. The SMILES string of the molecule is CC(C)(C)[Si](C)(C)Oc1ccc(CCC=O)c(F)c1. The van der Waals surface area contributed by atoms with Crippen molar-refractivity contribution in [2.24, 2.45) is 0 Å². The number of hydrogen-bond donors (Lipinski definition) is 0. The fourth-order valence-electron chi connectivity index (χ4n) is 1.46. The highest BCUT2D eigenvalue weighted by Crippen LogP contribution is 2.37. The van der Waals surface area contributed by atoms with Gasteiger partial charge in [0.2, 0.25) is 8.32 Å². The minimum Gasteiger partial charge on any atom is -0.543 e. The third kappa shape index (κ3) is 4.16. The highest BCUT2D eigenvalue weighted by molar-refractivity contribution is 6.74. The first-order valence-corrected chi connectivity index (χ1v) is 9.49. The number of benzene rings is 1. The molecule has 0 fully saturated rings. The van der Waals surface area contributed by atoms with Gasteiger partial charge in [0.15, 0.2) is 0 Å². The molecular formula is C15H23FO2Si. The van der Waals surface area contributed by atoms with Crippen molar-refractivity contribution in [3.8, 4) is 5.75 Å². The summed E-state index contributed by atoms with van der Waals surface area (Å²) >= 11 is 0. The van der Waals surface area contributed by atoms with Crippen molar-refractivity contribution in [3.63, 3.8) is 0 Å². The molecule has 1 rings (SSSR count). The summed E-state index contributed by atoms with van der Waals surface area (Å²) in [5.41, 5.74) is 0.565. The van der Waals surface area contributed by atoms with Gasteiger partial charge in [-0.3, -0.25) is 0 Å². The Morgan fingerprint density at radius 1 is 1.32 bits per heavy atom. The number of rotatable bonds is 5. The van der Waals surface area contributed by atoms with Crippen LogP contribution >= 0.6 is 0 Å². The van der Waals surface area contributed by atoms with E-state index in [1.54, 1.807) is 12.1 Å². The molecule has 0 aliphatic carbocycles. The molecule has 0 saturated heterocycles. The Kier molecular flexibility index (Phi) is 4.90. The van der Waals surface area contributed by atoms with E-state index in [9.17, 15) is 9.18 Å². The van der Waals surface area contributed by atoms with E-state index in [0.29, 0.717) is 24.2 Å². The van der Waals surface area contributed by atoms with Gasteiger partial charge < -0.3 is 9.22 Å². The molecule has 0 bridgehead atoms. The smallest absolute Gasteiger partial charge is 0.250 e. The zero-order valence-electron chi connectivity index (χ0n) is 12.4. The van der Waals surface area contributed by atoms with Crippen LogP contribution in [0.5, 0.6) is 5.75 Å². The van der Waals surface area contributed by atoms with Gasteiger partial charge in [0, 0.05) is 12.5 Å². The highest BCUT2D eigenvalue weighted by Gasteiger charge is 2.39. The fraction of sp³-hybridized carbons (Fsp3) is 0.533. The second kappa shape index (κ2) is 5.86. The standard InChI is InChI=1S/C15H23FO2Si/c1-15(2,3)19(4,5)18-13-9-8-12(7-6-10-17)14(16)11-13/h8-11H,6-7H2,1-5H3. The Labute approximate surface area is 116 Å². The Morgan fingerprint density at radius 2 is 1.95 bits per heavy atom. The number of aryl methyl sites for hydroxylation is 1. The summed E-state index contributed by atoms with van der Waals surface area (Å²) in [5, 5.41) is 0.0830. The summed E-state index contributed by atoms with van der Waals surface area (Å²) in [7, 11) is -1.93. The second-order valence-corrected chi connectivity index (χ2v) is 11.0. The van der Waals surface area contributed by atoms with E-state index in [4.69, 9.17) is 4.43 Å².